The molecule has 0 aliphatic carbocycles. The highest BCUT2D eigenvalue weighted by molar-refractivity contribution is 9.09. The molecule has 0 unspecified atom stereocenters. The molecule has 0 amide bonds. The molecule has 0 aromatic heterocycles. The van der Waals surface area contributed by atoms with Crippen molar-refractivity contribution in [2.45, 2.75) is 6.92 Å². The minimum Gasteiger partial charge on any atom is -0.463 e. The SMILES string of the molecule is CCOC(=O)/C=C(/CBr)Oc1c(F)cccc1Cl. The molecule has 0 atom stereocenters. The molecule has 0 spiro atoms. The van der Waals surface area contributed by atoms with Gasteiger partial charge in [0.25, 0.3) is 0 Å². The van der Waals surface area contributed by atoms with Crippen molar-refractivity contribution in [3.05, 3.63) is 40.9 Å². The maximum absolute atomic E-state index is 13.5. The monoisotopic (exact) mass is 336 g/mol. The number of carbonyl (C=O) groups is 1. The Hall–Kier alpha value is -1.07. The Kier molecular flexibility index (Phi) is 6.15. The minimum atomic E-state index is -0.599. The van der Waals surface area contributed by atoms with E-state index in [1.165, 1.54) is 18.2 Å². The molecule has 6 heteroatoms. The lowest BCUT2D eigenvalue weighted by Gasteiger charge is -2.09. The van der Waals surface area contributed by atoms with Crippen molar-refractivity contribution in [1.82, 2.24) is 0 Å². The number of hydrogen-bond donors (Lipinski definition) is 0. The van der Waals surface area contributed by atoms with Gasteiger partial charge in [-0.2, -0.15) is 0 Å². The highest BCUT2D eigenvalue weighted by Crippen LogP contribution is 2.29. The molecule has 0 N–H and O–H groups in total. The lowest BCUT2D eigenvalue weighted by Crippen LogP contribution is -2.06. The summed E-state index contributed by atoms with van der Waals surface area (Å²) in [6.07, 6.45) is 1.14. The third-order valence-corrected chi connectivity index (χ3v) is 2.70. The van der Waals surface area contributed by atoms with Crippen LogP contribution in [0.15, 0.2) is 30.0 Å². The summed E-state index contributed by atoms with van der Waals surface area (Å²) < 4.78 is 23.4. The Balaban J connectivity index is 2.89. The summed E-state index contributed by atoms with van der Waals surface area (Å²) in [6.45, 7) is 1.94. The predicted octanol–water partition coefficient (Wildman–Crippen LogP) is 3.70. The van der Waals surface area contributed by atoms with Gasteiger partial charge in [-0.15, -0.1) is 0 Å². The first-order valence-corrected chi connectivity index (χ1v) is 6.63. The van der Waals surface area contributed by atoms with E-state index >= 15 is 0 Å². The van der Waals surface area contributed by atoms with Gasteiger partial charge in [0.1, 0.15) is 5.76 Å². The van der Waals surface area contributed by atoms with Crippen molar-refractivity contribution in [3.8, 4) is 5.75 Å². The van der Waals surface area contributed by atoms with Crippen LogP contribution in [0.4, 0.5) is 4.39 Å². The van der Waals surface area contributed by atoms with E-state index in [2.05, 4.69) is 15.9 Å². The topological polar surface area (TPSA) is 35.5 Å². The molecule has 1 aromatic carbocycles. The maximum atomic E-state index is 13.5. The molecule has 0 saturated carbocycles. The zero-order valence-corrected chi connectivity index (χ0v) is 11.9. The number of rotatable bonds is 5. The van der Waals surface area contributed by atoms with Gasteiger partial charge in [0.2, 0.25) is 0 Å². The summed E-state index contributed by atoms with van der Waals surface area (Å²) >= 11 is 8.94. The average molecular weight is 338 g/mol. The van der Waals surface area contributed by atoms with E-state index in [-0.39, 0.29) is 28.5 Å². The maximum Gasteiger partial charge on any atom is 0.334 e. The van der Waals surface area contributed by atoms with Crippen molar-refractivity contribution in [2.75, 3.05) is 11.9 Å². The molecule has 0 aliphatic heterocycles. The molecule has 18 heavy (non-hydrogen) atoms. The van der Waals surface area contributed by atoms with E-state index in [1.807, 2.05) is 0 Å². The van der Waals surface area contributed by atoms with Crippen LogP contribution in [0, 0.1) is 5.82 Å². The smallest absolute Gasteiger partial charge is 0.334 e. The van der Waals surface area contributed by atoms with Gasteiger partial charge in [0.15, 0.2) is 11.6 Å². The summed E-state index contributed by atoms with van der Waals surface area (Å²) in [6, 6.07) is 4.18. The first kappa shape index (κ1) is 15.0. The zero-order chi connectivity index (χ0) is 13.5. The molecule has 0 aliphatic rings. The fraction of sp³-hybridized carbons (Fsp3) is 0.250. The Morgan fingerprint density at radius 3 is 2.83 bits per heavy atom. The summed E-state index contributed by atoms with van der Waals surface area (Å²) in [7, 11) is 0. The van der Waals surface area contributed by atoms with E-state index < -0.39 is 11.8 Å². The van der Waals surface area contributed by atoms with E-state index in [9.17, 15) is 9.18 Å². The van der Waals surface area contributed by atoms with Crippen LogP contribution in [-0.4, -0.2) is 17.9 Å². The number of alkyl halides is 1. The molecule has 0 heterocycles. The van der Waals surface area contributed by atoms with Crippen LogP contribution in [0.3, 0.4) is 0 Å². The van der Waals surface area contributed by atoms with E-state index in [0.29, 0.717) is 0 Å². The third-order valence-electron chi connectivity index (χ3n) is 1.85. The molecule has 0 saturated heterocycles. The van der Waals surface area contributed by atoms with E-state index in [0.717, 1.165) is 6.08 Å². The van der Waals surface area contributed by atoms with Crippen molar-refractivity contribution >= 4 is 33.5 Å². The number of halogens is 3. The lowest BCUT2D eigenvalue weighted by atomic mass is 10.3. The van der Waals surface area contributed by atoms with Crippen LogP contribution >= 0.6 is 27.5 Å². The number of ether oxygens (including phenoxy) is 2. The molecule has 0 radical (unpaired) electrons. The first-order valence-electron chi connectivity index (χ1n) is 5.13. The molecule has 3 nitrogen and oxygen atoms in total. The normalized spacial score (nSPS) is 11.2. The minimum absolute atomic E-state index is 0.117. The van der Waals surface area contributed by atoms with Crippen LogP contribution in [0.5, 0.6) is 5.75 Å². The van der Waals surface area contributed by atoms with Crippen LogP contribution in [0.25, 0.3) is 0 Å². The predicted molar refractivity (Wildman–Crippen MR) is 70.5 cm³/mol. The zero-order valence-electron chi connectivity index (χ0n) is 9.58. The summed E-state index contributed by atoms with van der Waals surface area (Å²) in [5, 5.41) is 0.363. The second-order valence-corrected chi connectivity index (χ2v) is 4.12. The second-order valence-electron chi connectivity index (χ2n) is 3.15. The number of esters is 1. The molecule has 0 bridgehead atoms. The van der Waals surface area contributed by atoms with Gasteiger partial charge in [-0.25, -0.2) is 9.18 Å². The van der Waals surface area contributed by atoms with Crippen LogP contribution in [0.2, 0.25) is 5.02 Å². The Bertz CT molecular complexity index is 442. The summed E-state index contributed by atoms with van der Waals surface area (Å²) in [5.41, 5.74) is 0. The number of benzene rings is 1. The number of para-hydroxylation sites is 1. The Morgan fingerprint density at radius 1 is 1.56 bits per heavy atom. The summed E-state index contributed by atoms with van der Waals surface area (Å²) in [4.78, 5) is 11.2. The van der Waals surface area contributed by atoms with Crippen LogP contribution < -0.4 is 4.74 Å². The number of allylic oxidation sites excluding steroid dienone is 1. The Labute approximate surface area is 118 Å². The highest BCUT2D eigenvalue weighted by atomic mass is 79.9. The van der Waals surface area contributed by atoms with Gasteiger partial charge < -0.3 is 9.47 Å². The van der Waals surface area contributed by atoms with E-state index in [1.54, 1.807) is 6.92 Å². The fourth-order valence-electron chi connectivity index (χ4n) is 1.12. The third kappa shape index (κ3) is 4.31. The van der Waals surface area contributed by atoms with Gasteiger partial charge in [-0.3, -0.25) is 0 Å². The number of hydrogen-bond acceptors (Lipinski definition) is 3. The number of carbonyl (C=O) groups excluding carboxylic acids is 1. The van der Waals surface area contributed by atoms with Crippen molar-refractivity contribution in [1.29, 1.82) is 0 Å². The van der Waals surface area contributed by atoms with Gasteiger partial charge in [0.05, 0.1) is 23.0 Å². The van der Waals surface area contributed by atoms with Gasteiger partial charge in [-0.1, -0.05) is 33.6 Å². The van der Waals surface area contributed by atoms with Gasteiger partial charge in [-0.05, 0) is 19.1 Å². The first-order chi connectivity index (χ1) is 8.58. The second kappa shape index (κ2) is 7.38. The molecular formula is C12H11BrClFO3. The molecular weight excluding hydrogens is 326 g/mol. The molecule has 0 fully saturated rings. The Morgan fingerprint density at radius 2 is 2.28 bits per heavy atom. The van der Waals surface area contributed by atoms with Gasteiger partial charge in [0, 0.05) is 0 Å². The molecule has 1 rings (SSSR count). The summed E-state index contributed by atoms with van der Waals surface area (Å²) in [5.74, 6) is -1.06. The standard InChI is InChI=1S/C12H11BrClFO3/c1-2-17-11(16)6-8(7-13)18-12-9(14)4-3-5-10(12)15/h3-6H,2,7H2,1H3/b8-6-. The van der Waals surface area contributed by atoms with Crippen molar-refractivity contribution in [2.24, 2.45) is 0 Å². The average Bonchev–Trinajstić information content (AvgIpc) is 2.33. The van der Waals surface area contributed by atoms with Crippen LogP contribution in [0.1, 0.15) is 6.92 Å². The van der Waals surface area contributed by atoms with Crippen LogP contribution in [-0.2, 0) is 9.53 Å². The highest BCUT2D eigenvalue weighted by Gasteiger charge is 2.11. The van der Waals surface area contributed by atoms with Gasteiger partial charge >= 0.3 is 5.97 Å². The van der Waals surface area contributed by atoms with Crippen molar-refractivity contribution in [3.63, 3.8) is 0 Å². The van der Waals surface area contributed by atoms with Crippen molar-refractivity contribution < 1.29 is 18.7 Å². The largest absolute Gasteiger partial charge is 0.463 e. The van der Waals surface area contributed by atoms with E-state index in [4.69, 9.17) is 21.1 Å². The quantitative estimate of drug-likeness (QED) is 0.356. The molecule has 1 aromatic rings. The lowest BCUT2D eigenvalue weighted by molar-refractivity contribution is -0.137. The molecule has 98 valence electrons. The fourth-order valence-corrected chi connectivity index (χ4v) is 1.60.